The summed E-state index contributed by atoms with van der Waals surface area (Å²) in [6.45, 7) is 1.29. The molecule has 1 aliphatic rings. The summed E-state index contributed by atoms with van der Waals surface area (Å²) in [7, 11) is 1.54. The fourth-order valence-corrected chi connectivity index (χ4v) is 6.39. The van der Waals surface area contributed by atoms with Gasteiger partial charge < -0.3 is 14.6 Å². The molecule has 7 nitrogen and oxygen atoms in total. The number of aromatic nitrogens is 2. The highest BCUT2D eigenvalue weighted by Gasteiger charge is 2.68. The lowest BCUT2D eigenvalue weighted by Gasteiger charge is -2.52. The molecule has 0 radical (unpaired) electrons. The maximum absolute atomic E-state index is 13.8. The van der Waals surface area contributed by atoms with Crippen molar-refractivity contribution < 1.29 is 14.6 Å². The van der Waals surface area contributed by atoms with Gasteiger partial charge in [-0.05, 0) is 23.6 Å². The number of ether oxygens (including phenoxy) is 2. The highest BCUT2D eigenvalue weighted by atomic mass is 32.1. The number of H-pyrrole nitrogens is 1. The van der Waals surface area contributed by atoms with Crippen molar-refractivity contribution in [2.45, 2.75) is 35.5 Å². The molecule has 1 aromatic heterocycles. The van der Waals surface area contributed by atoms with Crippen molar-refractivity contribution in [1.29, 1.82) is 0 Å². The van der Waals surface area contributed by atoms with Crippen LogP contribution in [0.1, 0.15) is 22.3 Å². The molecule has 8 heteroatoms. The van der Waals surface area contributed by atoms with Crippen LogP contribution in [0, 0.1) is 6.92 Å². The maximum atomic E-state index is 13.8. The molecule has 2 heterocycles. The lowest BCUT2D eigenvalue weighted by Crippen LogP contribution is -2.64. The molecule has 3 aromatic carbocycles. The molecule has 0 spiro atoms. The second-order valence-corrected chi connectivity index (χ2v) is 10.1. The van der Waals surface area contributed by atoms with E-state index in [-0.39, 0.29) is 6.61 Å². The molecule has 0 amide bonds. The first-order valence-corrected chi connectivity index (χ1v) is 12.9. The monoisotopic (exact) mass is 530 g/mol. The zero-order chi connectivity index (χ0) is 26.9. The Labute approximate surface area is 226 Å². The van der Waals surface area contributed by atoms with Crippen molar-refractivity contribution in [2.75, 3.05) is 13.7 Å². The second kappa shape index (κ2) is 10.4. The summed E-state index contributed by atoms with van der Waals surface area (Å²) in [6.07, 6.45) is -0.110. The van der Waals surface area contributed by atoms with Crippen molar-refractivity contribution >= 4 is 12.6 Å². The zero-order valence-corrected chi connectivity index (χ0v) is 22.0. The fourth-order valence-electron chi connectivity index (χ4n) is 5.91. The van der Waals surface area contributed by atoms with Crippen LogP contribution in [0.2, 0.25) is 0 Å². The van der Waals surface area contributed by atoms with Crippen molar-refractivity contribution in [3.63, 3.8) is 0 Å². The summed E-state index contributed by atoms with van der Waals surface area (Å²) in [5, 5.41) is 9.79. The number of aryl methyl sites for hydroxylation is 1. The number of rotatable bonds is 7. The van der Waals surface area contributed by atoms with Gasteiger partial charge >= 0.3 is 5.69 Å². The number of aliphatic hydroxyl groups excluding tert-OH is 1. The van der Waals surface area contributed by atoms with Crippen LogP contribution in [0.4, 0.5) is 0 Å². The number of nitrogens with zero attached hydrogens (tertiary/aromatic N) is 1. The van der Waals surface area contributed by atoms with E-state index in [4.69, 9.17) is 22.1 Å². The summed E-state index contributed by atoms with van der Waals surface area (Å²) in [5.41, 5.74) is -1.16. The van der Waals surface area contributed by atoms with Gasteiger partial charge in [0.05, 0.1) is 23.4 Å². The van der Waals surface area contributed by atoms with Crippen molar-refractivity contribution in [3.8, 4) is 0 Å². The molecule has 1 saturated heterocycles. The third-order valence-electron chi connectivity index (χ3n) is 7.48. The Hall–Kier alpha value is -3.43. The largest absolute Gasteiger partial charge is 0.394 e. The Kier molecular flexibility index (Phi) is 7.15. The molecule has 0 bridgehead atoms. The molecule has 38 heavy (non-hydrogen) atoms. The van der Waals surface area contributed by atoms with Gasteiger partial charge in [-0.25, -0.2) is 4.79 Å². The molecule has 1 aliphatic heterocycles. The van der Waals surface area contributed by atoms with Crippen LogP contribution in [0.25, 0.3) is 0 Å². The smallest absolute Gasteiger partial charge is 0.330 e. The van der Waals surface area contributed by atoms with Gasteiger partial charge in [0, 0.05) is 18.9 Å². The van der Waals surface area contributed by atoms with Crippen molar-refractivity contribution in [3.05, 3.63) is 140 Å². The average Bonchev–Trinajstić information content (AvgIpc) is 3.24. The quantitative estimate of drug-likeness (QED) is 0.252. The second-order valence-electron chi connectivity index (χ2n) is 9.47. The van der Waals surface area contributed by atoms with Gasteiger partial charge in [-0.2, -0.15) is 12.6 Å². The molecule has 0 aliphatic carbocycles. The van der Waals surface area contributed by atoms with Gasteiger partial charge in [0.1, 0.15) is 6.10 Å². The number of benzene rings is 3. The van der Waals surface area contributed by atoms with Gasteiger partial charge in [-0.3, -0.25) is 14.3 Å². The molecule has 4 aromatic rings. The van der Waals surface area contributed by atoms with E-state index in [1.807, 2.05) is 91.0 Å². The molecule has 5 rings (SSSR count). The summed E-state index contributed by atoms with van der Waals surface area (Å²) in [5.74, 6) is 0. The van der Waals surface area contributed by atoms with Crippen molar-refractivity contribution in [2.24, 2.45) is 0 Å². The first-order chi connectivity index (χ1) is 18.4. The highest BCUT2D eigenvalue weighted by Crippen LogP contribution is 2.58. The summed E-state index contributed by atoms with van der Waals surface area (Å²) in [4.78, 5) is 28.7. The van der Waals surface area contributed by atoms with E-state index < -0.39 is 39.8 Å². The van der Waals surface area contributed by atoms with Gasteiger partial charge in [0.15, 0.2) is 5.72 Å². The van der Waals surface area contributed by atoms with Crippen LogP contribution >= 0.6 is 12.6 Å². The fraction of sp³-hybridized carbons (Fsp3) is 0.267. The zero-order valence-electron chi connectivity index (χ0n) is 21.2. The van der Waals surface area contributed by atoms with Gasteiger partial charge in [-0.15, -0.1) is 0 Å². The Morgan fingerprint density at radius 1 is 0.947 bits per heavy atom. The maximum Gasteiger partial charge on any atom is 0.330 e. The molecule has 2 N–H and O–H groups in total. The Morgan fingerprint density at radius 2 is 1.42 bits per heavy atom. The number of methoxy groups -OCH3 is 1. The van der Waals surface area contributed by atoms with Crippen molar-refractivity contribution in [1.82, 2.24) is 9.55 Å². The number of thiol groups is 1. The average molecular weight is 531 g/mol. The third-order valence-corrected chi connectivity index (χ3v) is 8.08. The standard InChI is InChI=1S/C30H30N2O5S/c1-20-18-32(28(35)31-27(20)34)30(26(36-2)25(38)24(19-33)37-30)29(21-12-6-3-7-13-21,22-14-8-4-9-15-22)23-16-10-5-11-17-23/h3-18,24-26,33,38H,19H2,1-2H3,(H,31,34,35)/t24-,25-,26?,30+/m1/s1. The topological polar surface area (TPSA) is 93.5 Å². The predicted octanol–water partition coefficient (Wildman–Crippen LogP) is 3.24. The van der Waals surface area contributed by atoms with Gasteiger partial charge in [0.25, 0.3) is 5.56 Å². The molecule has 0 saturated carbocycles. The number of aromatic amines is 1. The van der Waals surface area contributed by atoms with Gasteiger partial charge in [-0.1, -0.05) is 91.0 Å². The minimum absolute atomic E-state index is 0.327. The lowest BCUT2D eigenvalue weighted by molar-refractivity contribution is -0.186. The first-order valence-electron chi connectivity index (χ1n) is 12.4. The van der Waals surface area contributed by atoms with Crippen LogP contribution in [-0.4, -0.2) is 45.8 Å². The summed E-state index contributed by atoms with van der Waals surface area (Å²) >= 11 is 4.86. The molecule has 4 atom stereocenters. The third kappa shape index (κ3) is 3.79. The van der Waals surface area contributed by atoms with Crippen LogP contribution in [-0.2, 0) is 20.6 Å². The number of hydrogen-bond donors (Lipinski definition) is 3. The van der Waals surface area contributed by atoms with Gasteiger partial charge in [0.2, 0.25) is 0 Å². The Bertz CT molecular complexity index is 1410. The Balaban J connectivity index is 2.07. The van der Waals surface area contributed by atoms with E-state index in [9.17, 15) is 14.7 Å². The molecular formula is C30H30N2O5S. The van der Waals surface area contributed by atoms with E-state index in [0.29, 0.717) is 5.56 Å². The van der Waals surface area contributed by atoms with Crippen LogP contribution in [0.3, 0.4) is 0 Å². The van der Waals surface area contributed by atoms with E-state index in [1.54, 1.807) is 14.0 Å². The number of aliphatic hydroxyl groups is 1. The highest BCUT2D eigenvalue weighted by molar-refractivity contribution is 7.81. The van der Waals surface area contributed by atoms with E-state index in [0.717, 1.165) is 16.7 Å². The van der Waals surface area contributed by atoms with E-state index in [1.165, 1.54) is 10.8 Å². The van der Waals surface area contributed by atoms with E-state index >= 15 is 0 Å². The molecular weight excluding hydrogens is 500 g/mol. The SMILES string of the molecule is COC1[C@H](S)[C@@H](CO)O[C@]1(n1cc(C)c(=O)[nH]c1=O)C(c1ccccc1)(c1ccccc1)c1ccccc1. The minimum atomic E-state index is -1.63. The van der Waals surface area contributed by atoms with Crippen LogP contribution in [0.15, 0.2) is 107 Å². The van der Waals surface area contributed by atoms with Crippen LogP contribution < -0.4 is 11.2 Å². The molecule has 1 fully saturated rings. The van der Waals surface area contributed by atoms with E-state index in [2.05, 4.69) is 4.98 Å². The lowest BCUT2D eigenvalue weighted by atomic mass is 9.61. The molecule has 196 valence electrons. The predicted molar refractivity (Wildman–Crippen MR) is 149 cm³/mol. The summed E-state index contributed by atoms with van der Waals surface area (Å²) < 4.78 is 14.5. The van der Waals surface area contributed by atoms with Crippen LogP contribution in [0.5, 0.6) is 0 Å². The first kappa shape index (κ1) is 26.2. The number of nitrogens with one attached hydrogen (secondary N) is 1. The normalized spacial score (nSPS) is 23.4. The molecule has 1 unspecified atom stereocenters. The summed E-state index contributed by atoms with van der Waals surface area (Å²) in [6, 6.07) is 29.3. The Morgan fingerprint density at radius 3 is 1.84 bits per heavy atom. The number of hydrogen-bond acceptors (Lipinski definition) is 6. The minimum Gasteiger partial charge on any atom is -0.394 e.